The van der Waals surface area contributed by atoms with Gasteiger partial charge >= 0.3 is 6.03 Å². The number of hydrogen-bond acceptors (Lipinski definition) is 5. The van der Waals surface area contributed by atoms with Gasteiger partial charge in [-0.3, -0.25) is 9.69 Å². The Balaban J connectivity index is 1.86. The average molecular weight is 410 g/mol. The van der Waals surface area contributed by atoms with Gasteiger partial charge in [-0.15, -0.1) is 0 Å². The van der Waals surface area contributed by atoms with E-state index in [1.165, 1.54) is 11.4 Å². The Hall–Kier alpha value is -2.13. The summed E-state index contributed by atoms with van der Waals surface area (Å²) in [5.41, 5.74) is -0.466. The van der Waals surface area contributed by atoms with Crippen molar-refractivity contribution in [2.45, 2.75) is 49.5 Å². The van der Waals surface area contributed by atoms with Crippen LogP contribution in [0.4, 0.5) is 4.79 Å². The van der Waals surface area contributed by atoms with Crippen LogP contribution in [-0.4, -0.2) is 62.3 Å². The third kappa shape index (κ3) is 3.26. The molecule has 0 atom stereocenters. The maximum absolute atomic E-state index is 13.2. The van der Waals surface area contributed by atoms with Crippen LogP contribution in [0.1, 0.15) is 39.2 Å². The van der Waals surface area contributed by atoms with Crippen LogP contribution in [0.25, 0.3) is 0 Å². The van der Waals surface area contributed by atoms with Crippen LogP contribution in [-0.2, 0) is 20.2 Å². The molecule has 0 aromatic heterocycles. The predicted molar refractivity (Wildman–Crippen MR) is 104 cm³/mol. The molecule has 1 spiro atoms. The normalized spacial score (nSPS) is 20.5. The van der Waals surface area contributed by atoms with Crippen molar-refractivity contribution in [2.24, 2.45) is 0 Å². The van der Waals surface area contributed by atoms with Crippen molar-refractivity contribution < 1.29 is 22.7 Å². The molecule has 1 N–H and O–H groups in total. The average Bonchev–Trinajstić information content (AvgIpc) is 2.84. The molecule has 2 aliphatic heterocycles. The van der Waals surface area contributed by atoms with E-state index in [4.69, 9.17) is 4.74 Å². The number of ether oxygens (including phenoxy) is 1. The first kappa shape index (κ1) is 20.6. The molecule has 3 amide bonds. The highest BCUT2D eigenvalue weighted by Crippen LogP contribution is 2.35. The van der Waals surface area contributed by atoms with Crippen molar-refractivity contribution in [3.8, 4) is 5.75 Å². The fraction of sp³-hybridized carbons (Fsp3) is 0.579. The zero-order valence-electron chi connectivity index (χ0n) is 16.9. The van der Waals surface area contributed by atoms with E-state index < -0.39 is 21.6 Å². The van der Waals surface area contributed by atoms with E-state index in [1.54, 1.807) is 25.3 Å². The molecule has 2 heterocycles. The van der Waals surface area contributed by atoms with Gasteiger partial charge in [0.25, 0.3) is 5.91 Å². The monoisotopic (exact) mass is 409 g/mol. The van der Waals surface area contributed by atoms with E-state index >= 15 is 0 Å². The lowest BCUT2D eigenvalue weighted by Crippen LogP contribution is -2.55. The fourth-order valence-corrected chi connectivity index (χ4v) is 5.25. The summed E-state index contributed by atoms with van der Waals surface area (Å²) in [5, 5.41) is 2.72. The molecule has 2 fully saturated rings. The number of hydrogen-bond donors (Lipinski definition) is 1. The second kappa shape index (κ2) is 6.73. The van der Waals surface area contributed by atoms with Gasteiger partial charge in [-0.05, 0) is 36.5 Å². The summed E-state index contributed by atoms with van der Waals surface area (Å²) in [6, 6.07) is 4.44. The lowest BCUT2D eigenvalue weighted by atomic mass is 9.86. The number of methoxy groups -OCH3 is 1. The number of carbonyl (C=O) groups is 2. The largest absolute Gasteiger partial charge is 0.496 e. The van der Waals surface area contributed by atoms with Crippen molar-refractivity contribution >= 4 is 22.0 Å². The molecule has 3 rings (SSSR count). The number of likely N-dealkylation sites (N-methyl/N-ethyl adjacent to an activating group) is 1. The maximum atomic E-state index is 13.2. The molecule has 0 saturated carbocycles. The number of sulfonamides is 1. The van der Waals surface area contributed by atoms with Crippen LogP contribution in [0, 0.1) is 0 Å². The lowest BCUT2D eigenvalue weighted by molar-refractivity contribution is -0.131. The number of rotatable bonds is 3. The van der Waals surface area contributed by atoms with E-state index in [0.717, 1.165) is 10.5 Å². The van der Waals surface area contributed by atoms with Crippen molar-refractivity contribution in [1.82, 2.24) is 14.5 Å². The van der Waals surface area contributed by atoms with Crippen LogP contribution in [0.5, 0.6) is 5.75 Å². The van der Waals surface area contributed by atoms with Gasteiger partial charge in [-0.1, -0.05) is 20.8 Å². The first-order valence-corrected chi connectivity index (χ1v) is 10.7. The first-order valence-electron chi connectivity index (χ1n) is 9.21. The van der Waals surface area contributed by atoms with Crippen LogP contribution < -0.4 is 10.1 Å². The number of amides is 3. The molecule has 0 aliphatic carbocycles. The van der Waals surface area contributed by atoms with Gasteiger partial charge < -0.3 is 10.1 Å². The molecule has 1 aromatic rings. The highest BCUT2D eigenvalue weighted by molar-refractivity contribution is 7.89. The fourth-order valence-electron chi connectivity index (χ4n) is 3.79. The molecule has 8 nitrogen and oxygen atoms in total. The van der Waals surface area contributed by atoms with Crippen molar-refractivity contribution in [1.29, 1.82) is 0 Å². The summed E-state index contributed by atoms with van der Waals surface area (Å²) in [5.74, 6) is 0.348. The van der Waals surface area contributed by atoms with E-state index in [9.17, 15) is 18.0 Å². The zero-order chi connectivity index (χ0) is 20.9. The summed E-state index contributed by atoms with van der Waals surface area (Å²) in [6.07, 6.45) is 0.507. The third-order valence-electron chi connectivity index (χ3n) is 5.56. The quantitative estimate of drug-likeness (QED) is 0.767. The topological polar surface area (TPSA) is 96.0 Å². The summed E-state index contributed by atoms with van der Waals surface area (Å²) >= 11 is 0. The van der Waals surface area contributed by atoms with Crippen LogP contribution in [0.3, 0.4) is 0 Å². The van der Waals surface area contributed by atoms with Gasteiger partial charge in [-0.25, -0.2) is 13.2 Å². The van der Waals surface area contributed by atoms with Crippen molar-refractivity contribution in [3.05, 3.63) is 23.8 Å². The Morgan fingerprint density at radius 1 is 1.14 bits per heavy atom. The van der Waals surface area contributed by atoms with Gasteiger partial charge in [0.05, 0.1) is 12.0 Å². The summed E-state index contributed by atoms with van der Waals surface area (Å²) < 4.78 is 33.1. The van der Waals surface area contributed by atoms with Crippen LogP contribution in [0.15, 0.2) is 23.1 Å². The van der Waals surface area contributed by atoms with E-state index in [0.29, 0.717) is 5.75 Å². The molecule has 2 saturated heterocycles. The Kier molecular flexibility index (Phi) is 4.95. The third-order valence-corrected chi connectivity index (χ3v) is 7.45. The number of piperidine rings is 1. The Morgan fingerprint density at radius 2 is 1.75 bits per heavy atom. The minimum Gasteiger partial charge on any atom is -0.496 e. The maximum Gasteiger partial charge on any atom is 0.324 e. The predicted octanol–water partition coefficient (Wildman–Crippen LogP) is 1.70. The van der Waals surface area contributed by atoms with Crippen molar-refractivity contribution in [2.75, 3.05) is 27.2 Å². The molecular formula is C19H27N3O5S. The van der Waals surface area contributed by atoms with Crippen molar-refractivity contribution in [3.63, 3.8) is 0 Å². The van der Waals surface area contributed by atoms with Gasteiger partial charge in [0.2, 0.25) is 10.0 Å². The molecule has 154 valence electrons. The minimum absolute atomic E-state index is 0.166. The van der Waals surface area contributed by atoms with Crippen LogP contribution in [0.2, 0.25) is 0 Å². The van der Waals surface area contributed by atoms with Gasteiger partial charge in [0.1, 0.15) is 11.3 Å². The SMILES string of the molecule is COc1ccc(S(=O)(=O)N2CCC3(CC2)NC(=O)N(C)C3=O)cc1C(C)(C)C. The molecule has 1 aromatic carbocycles. The molecule has 28 heavy (non-hydrogen) atoms. The number of benzene rings is 1. The number of nitrogens with one attached hydrogen (secondary N) is 1. The summed E-state index contributed by atoms with van der Waals surface area (Å²) in [6.45, 7) is 6.32. The second-order valence-corrected chi connectivity index (χ2v) is 10.3. The second-order valence-electron chi connectivity index (χ2n) is 8.39. The number of nitrogens with zero attached hydrogens (tertiary/aromatic N) is 2. The molecule has 2 aliphatic rings. The smallest absolute Gasteiger partial charge is 0.324 e. The van der Waals surface area contributed by atoms with Gasteiger partial charge in [-0.2, -0.15) is 4.31 Å². The van der Waals surface area contributed by atoms with Gasteiger partial charge in [0, 0.05) is 25.7 Å². The van der Waals surface area contributed by atoms with Gasteiger partial charge in [0.15, 0.2) is 0 Å². The molecular weight excluding hydrogens is 382 g/mol. The number of urea groups is 1. The van der Waals surface area contributed by atoms with Crippen LogP contribution >= 0.6 is 0 Å². The Labute approximate surface area is 165 Å². The first-order chi connectivity index (χ1) is 12.9. The molecule has 0 bridgehead atoms. The molecule has 9 heteroatoms. The Bertz CT molecular complexity index is 912. The minimum atomic E-state index is -3.72. The van der Waals surface area contributed by atoms with E-state index in [1.807, 2.05) is 20.8 Å². The Morgan fingerprint density at radius 3 is 2.21 bits per heavy atom. The molecule has 0 radical (unpaired) electrons. The summed E-state index contributed by atoms with van der Waals surface area (Å²) in [7, 11) is -0.727. The highest BCUT2D eigenvalue weighted by Gasteiger charge is 2.52. The van der Waals surface area contributed by atoms with E-state index in [-0.39, 0.29) is 42.1 Å². The highest BCUT2D eigenvalue weighted by atomic mass is 32.2. The molecule has 0 unspecified atom stereocenters. The summed E-state index contributed by atoms with van der Waals surface area (Å²) in [4.78, 5) is 25.5. The standard InChI is InChI=1S/C19H27N3O5S/c1-18(2,3)14-12-13(6-7-15(14)27-5)28(25,26)22-10-8-19(9-11-22)16(23)21(4)17(24)20-19/h6-7,12H,8-11H2,1-5H3,(H,20,24). The zero-order valence-corrected chi connectivity index (χ0v) is 17.7. The van der Waals surface area contributed by atoms with E-state index in [2.05, 4.69) is 5.32 Å². The lowest BCUT2D eigenvalue weighted by Gasteiger charge is -2.36. The number of carbonyl (C=O) groups excluding carboxylic acids is 2. The number of imide groups is 1.